The molecule has 34 heavy (non-hydrogen) atoms. The van der Waals surface area contributed by atoms with Gasteiger partial charge in [-0.05, 0) is 81.4 Å². The molecule has 2 fully saturated rings. The lowest BCUT2D eigenvalue weighted by Crippen LogP contribution is -2.53. The van der Waals surface area contributed by atoms with Gasteiger partial charge < -0.3 is 19.0 Å². The van der Waals surface area contributed by atoms with Crippen LogP contribution in [-0.2, 0) is 11.2 Å². The van der Waals surface area contributed by atoms with Gasteiger partial charge in [-0.1, -0.05) is 18.6 Å². The van der Waals surface area contributed by atoms with Crippen molar-refractivity contribution < 1.29 is 18.7 Å². The number of hydrogen-bond acceptors (Lipinski definition) is 5. The highest BCUT2D eigenvalue weighted by molar-refractivity contribution is 5.91. The number of likely N-dealkylation sites (N-methyl/N-ethyl adjacent to an activating group) is 2. The molecule has 0 bridgehead atoms. The highest BCUT2D eigenvalue weighted by Gasteiger charge is 2.36. The number of piperidine rings is 2. The van der Waals surface area contributed by atoms with Gasteiger partial charge in [0.1, 0.15) is 5.75 Å². The zero-order valence-electron chi connectivity index (χ0n) is 20.6. The van der Waals surface area contributed by atoms with Crippen LogP contribution >= 0.6 is 0 Å². The van der Waals surface area contributed by atoms with Gasteiger partial charge in [0.2, 0.25) is 5.91 Å². The fraction of sp³-hybridized carbons (Fsp3) is 0.556. The molecule has 2 atom stereocenters. The number of carbonyl (C=O) groups is 2. The molecule has 7 heteroatoms. The van der Waals surface area contributed by atoms with E-state index in [1.54, 1.807) is 19.2 Å². The number of ether oxygens (including phenoxy) is 1. The van der Waals surface area contributed by atoms with Crippen LogP contribution in [0.1, 0.15) is 48.2 Å². The zero-order valence-corrected chi connectivity index (χ0v) is 20.6. The number of methoxy groups -OCH3 is 1. The van der Waals surface area contributed by atoms with Gasteiger partial charge in [0, 0.05) is 26.2 Å². The van der Waals surface area contributed by atoms with Gasteiger partial charge in [0.25, 0.3) is 5.91 Å². The van der Waals surface area contributed by atoms with Gasteiger partial charge in [-0.25, -0.2) is 0 Å². The molecule has 0 aliphatic carbocycles. The van der Waals surface area contributed by atoms with Crippen molar-refractivity contribution in [3.8, 4) is 5.75 Å². The second kappa shape index (κ2) is 11.1. The van der Waals surface area contributed by atoms with Crippen molar-refractivity contribution in [2.45, 2.75) is 50.6 Å². The maximum absolute atomic E-state index is 13.2. The molecule has 2 aromatic rings. The fourth-order valence-corrected chi connectivity index (χ4v) is 5.49. The van der Waals surface area contributed by atoms with Crippen molar-refractivity contribution >= 4 is 11.8 Å². The molecule has 0 saturated carbocycles. The first-order chi connectivity index (χ1) is 16.5. The third kappa shape index (κ3) is 5.46. The molecule has 2 aliphatic heterocycles. The van der Waals surface area contributed by atoms with E-state index in [2.05, 4.69) is 18.0 Å². The van der Waals surface area contributed by atoms with Crippen LogP contribution in [0.4, 0.5) is 0 Å². The average molecular weight is 468 g/mol. The van der Waals surface area contributed by atoms with Gasteiger partial charge in [-0.2, -0.15) is 0 Å². The molecule has 0 radical (unpaired) electrons. The molecule has 184 valence electrons. The highest BCUT2D eigenvalue weighted by Crippen LogP contribution is 2.29. The van der Waals surface area contributed by atoms with Crippen LogP contribution in [0.5, 0.6) is 5.75 Å². The Morgan fingerprint density at radius 3 is 2.59 bits per heavy atom. The van der Waals surface area contributed by atoms with Crippen LogP contribution in [0.3, 0.4) is 0 Å². The van der Waals surface area contributed by atoms with Crippen LogP contribution in [0.2, 0.25) is 0 Å². The minimum absolute atomic E-state index is 0.000637. The summed E-state index contributed by atoms with van der Waals surface area (Å²) in [5.74, 6) is 1.62. The Kier molecular flexibility index (Phi) is 7.93. The van der Waals surface area contributed by atoms with Crippen molar-refractivity contribution in [1.82, 2.24) is 14.7 Å². The first-order valence-electron chi connectivity index (χ1n) is 12.4. The van der Waals surface area contributed by atoms with Crippen molar-refractivity contribution in [1.29, 1.82) is 0 Å². The molecule has 2 aliphatic rings. The first-order valence-corrected chi connectivity index (χ1v) is 12.4. The van der Waals surface area contributed by atoms with E-state index in [9.17, 15) is 9.59 Å². The summed E-state index contributed by atoms with van der Waals surface area (Å²) in [5.41, 5.74) is 1.13. The molecule has 0 N–H and O–H groups in total. The van der Waals surface area contributed by atoms with Crippen LogP contribution < -0.4 is 4.74 Å². The maximum Gasteiger partial charge on any atom is 0.289 e. The van der Waals surface area contributed by atoms with E-state index in [1.807, 2.05) is 35.0 Å². The molecule has 2 saturated heterocycles. The largest absolute Gasteiger partial charge is 0.497 e. The molecule has 2 unspecified atom stereocenters. The number of benzene rings is 1. The lowest BCUT2D eigenvalue weighted by atomic mass is 9.84. The summed E-state index contributed by atoms with van der Waals surface area (Å²) in [7, 11) is 5.59. The summed E-state index contributed by atoms with van der Waals surface area (Å²) in [6.45, 7) is 2.48. The normalized spacial score (nSPS) is 20.7. The lowest BCUT2D eigenvalue weighted by molar-refractivity contribution is -0.139. The zero-order chi connectivity index (χ0) is 24.1. The smallest absolute Gasteiger partial charge is 0.289 e. The summed E-state index contributed by atoms with van der Waals surface area (Å²) in [6.07, 6.45) is 7.27. The number of rotatable bonds is 7. The fourth-order valence-electron chi connectivity index (χ4n) is 5.49. The van der Waals surface area contributed by atoms with Crippen LogP contribution in [-0.4, -0.2) is 79.4 Å². The van der Waals surface area contributed by atoms with E-state index in [0.717, 1.165) is 63.1 Å². The number of hydrogen-bond donors (Lipinski definition) is 0. The highest BCUT2D eigenvalue weighted by atomic mass is 16.5. The Labute approximate surface area is 202 Å². The maximum atomic E-state index is 13.2. The Balaban J connectivity index is 1.47. The number of likely N-dealkylation sites (tertiary alicyclic amines) is 2. The Morgan fingerprint density at radius 2 is 1.91 bits per heavy atom. The summed E-state index contributed by atoms with van der Waals surface area (Å²) < 4.78 is 10.8. The van der Waals surface area contributed by atoms with Crippen molar-refractivity contribution in [2.24, 2.45) is 5.92 Å². The van der Waals surface area contributed by atoms with Crippen LogP contribution in [0, 0.1) is 5.92 Å². The lowest BCUT2D eigenvalue weighted by Gasteiger charge is -2.42. The van der Waals surface area contributed by atoms with E-state index in [0.29, 0.717) is 11.7 Å². The van der Waals surface area contributed by atoms with E-state index in [4.69, 9.17) is 9.15 Å². The predicted octanol–water partition coefficient (Wildman–Crippen LogP) is 3.69. The molecule has 1 aromatic heterocycles. The second-order valence-electron chi connectivity index (χ2n) is 9.67. The average Bonchev–Trinajstić information content (AvgIpc) is 3.42. The van der Waals surface area contributed by atoms with E-state index < -0.39 is 0 Å². The molecule has 3 heterocycles. The first kappa shape index (κ1) is 24.3. The number of carbonyl (C=O) groups excluding carboxylic acids is 2. The number of amides is 2. The van der Waals surface area contributed by atoms with E-state index in [-0.39, 0.29) is 23.9 Å². The quantitative estimate of drug-likeness (QED) is 0.621. The van der Waals surface area contributed by atoms with Crippen molar-refractivity contribution in [2.75, 3.05) is 40.8 Å². The molecule has 0 spiro atoms. The van der Waals surface area contributed by atoms with Gasteiger partial charge in [0.05, 0.1) is 19.4 Å². The van der Waals surface area contributed by atoms with Gasteiger partial charge in [-0.15, -0.1) is 0 Å². The summed E-state index contributed by atoms with van der Waals surface area (Å²) in [6, 6.07) is 11.5. The van der Waals surface area contributed by atoms with Gasteiger partial charge >= 0.3 is 0 Å². The molecule has 1 aromatic carbocycles. The summed E-state index contributed by atoms with van der Waals surface area (Å²) >= 11 is 0. The second-order valence-corrected chi connectivity index (χ2v) is 9.67. The minimum atomic E-state index is -0.111. The minimum Gasteiger partial charge on any atom is -0.497 e. The molecule has 2 amide bonds. The summed E-state index contributed by atoms with van der Waals surface area (Å²) in [5, 5.41) is 0. The third-order valence-corrected chi connectivity index (χ3v) is 7.58. The molecule has 4 rings (SSSR count). The number of nitrogens with zero attached hydrogens (tertiary/aromatic N) is 3. The number of furan rings is 1. The molecule has 7 nitrogen and oxygen atoms in total. The Hall–Kier alpha value is -2.80. The van der Waals surface area contributed by atoms with Crippen LogP contribution in [0.15, 0.2) is 47.1 Å². The standard InChI is InChI=1S/C27H37N3O4/c1-28-14-5-4-10-23(28)26(31)30-15-12-21(13-16-30)24(19-20-8-6-9-22(18-20)33-3)29(2)27(32)25-11-7-17-34-25/h6-9,11,17-18,21,23-24H,4-5,10,12-16,19H2,1-3H3. The van der Waals surface area contributed by atoms with Crippen LogP contribution in [0.25, 0.3) is 0 Å². The van der Waals surface area contributed by atoms with Crippen molar-refractivity contribution in [3.63, 3.8) is 0 Å². The van der Waals surface area contributed by atoms with E-state index in [1.165, 1.54) is 12.7 Å². The molecular formula is C27H37N3O4. The third-order valence-electron chi connectivity index (χ3n) is 7.58. The Morgan fingerprint density at radius 1 is 1.12 bits per heavy atom. The topological polar surface area (TPSA) is 66.2 Å². The van der Waals surface area contributed by atoms with Gasteiger partial charge in [0.15, 0.2) is 5.76 Å². The van der Waals surface area contributed by atoms with Gasteiger partial charge in [-0.3, -0.25) is 14.5 Å². The monoisotopic (exact) mass is 467 g/mol. The SMILES string of the molecule is COc1cccc(CC(C2CCN(C(=O)C3CCCCN3C)CC2)N(C)C(=O)c2ccco2)c1. The summed E-state index contributed by atoms with van der Waals surface area (Å²) in [4.78, 5) is 32.4. The molecular weight excluding hydrogens is 430 g/mol. The predicted molar refractivity (Wildman–Crippen MR) is 131 cm³/mol. The van der Waals surface area contributed by atoms with E-state index >= 15 is 0 Å². The Bertz CT molecular complexity index is 953. The van der Waals surface area contributed by atoms with Crippen molar-refractivity contribution in [3.05, 3.63) is 54.0 Å².